The Balaban J connectivity index is 1.83. The topological polar surface area (TPSA) is 55.6 Å². The summed E-state index contributed by atoms with van der Waals surface area (Å²) < 4.78 is 5.87. The number of nitrogens with zero attached hydrogens (tertiary/aromatic N) is 1. The van der Waals surface area contributed by atoms with Crippen molar-refractivity contribution in [1.82, 2.24) is 4.90 Å². The fraction of sp³-hybridized carbons (Fsp3) is 0.278. The molecule has 22 heavy (non-hydrogen) atoms. The Morgan fingerprint density at radius 3 is 2.59 bits per heavy atom. The van der Waals surface area contributed by atoms with Gasteiger partial charge in [0, 0.05) is 19.1 Å². The molecule has 1 heterocycles. The molecular formula is C18H20N2O2. The van der Waals surface area contributed by atoms with Crippen LogP contribution in [0.3, 0.4) is 0 Å². The third-order valence-electron chi connectivity index (χ3n) is 3.83. The summed E-state index contributed by atoms with van der Waals surface area (Å²) in [6.45, 7) is 1.37. The standard InChI is InChI=1S/C18H20N2O2/c19-14-7-6-12-20(13-14)18(21)16-10-4-5-11-17(16)22-15-8-2-1-3-9-15/h1-5,8-11,14H,6-7,12-13,19H2/t14-/m0/s1. The molecule has 1 aliphatic rings. The molecule has 1 saturated heterocycles. The molecule has 0 spiro atoms. The minimum absolute atomic E-state index is 0.0123. The molecule has 0 aromatic heterocycles. The van der Waals surface area contributed by atoms with E-state index in [0.717, 1.165) is 25.1 Å². The first kappa shape index (κ1) is 14.6. The van der Waals surface area contributed by atoms with Gasteiger partial charge >= 0.3 is 0 Å². The van der Waals surface area contributed by atoms with E-state index in [1.807, 2.05) is 53.4 Å². The molecule has 0 saturated carbocycles. The highest BCUT2D eigenvalue weighted by Crippen LogP contribution is 2.26. The lowest BCUT2D eigenvalue weighted by Gasteiger charge is -2.31. The summed E-state index contributed by atoms with van der Waals surface area (Å²) in [6.07, 6.45) is 1.93. The van der Waals surface area contributed by atoms with Crippen LogP contribution in [0, 0.1) is 0 Å². The second-order valence-corrected chi connectivity index (χ2v) is 5.56. The lowest BCUT2D eigenvalue weighted by atomic mass is 10.0. The van der Waals surface area contributed by atoms with E-state index in [4.69, 9.17) is 10.5 Å². The first-order valence-electron chi connectivity index (χ1n) is 7.61. The fourth-order valence-corrected chi connectivity index (χ4v) is 2.71. The third-order valence-corrected chi connectivity index (χ3v) is 3.83. The van der Waals surface area contributed by atoms with Crippen LogP contribution >= 0.6 is 0 Å². The van der Waals surface area contributed by atoms with Crippen molar-refractivity contribution in [2.75, 3.05) is 13.1 Å². The number of para-hydroxylation sites is 2. The molecule has 2 aromatic carbocycles. The van der Waals surface area contributed by atoms with Crippen LogP contribution in [0.2, 0.25) is 0 Å². The zero-order valence-electron chi connectivity index (χ0n) is 12.4. The summed E-state index contributed by atoms with van der Waals surface area (Å²) in [5.74, 6) is 1.29. The Hall–Kier alpha value is -2.33. The van der Waals surface area contributed by atoms with Gasteiger partial charge in [0.25, 0.3) is 5.91 Å². The van der Waals surface area contributed by atoms with Gasteiger partial charge in [-0.3, -0.25) is 4.79 Å². The first-order valence-corrected chi connectivity index (χ1v) is 7.61. The van der Waals surface area contributed by atoms with Gasteiger partial charge in [0.1, 0.15) is 11.5 Å². The fourth-order valence-electron chi connectivity index (χ4n) is 2.71. The van der Waals surface area contributed by atoms with Crippen molar-refractivity contribution < 1.29 is 9.53 Å². The highest BCUT2D eigenvalue weighted by atomic mass is 16.5. The molecule has 1 atom stereocenters. The first-order chi connectivity index (χ1) is 10.7. The van der Waals surface area contributed by atoms with E-state index in [2.05, 4.69) is 0 Å². The van der Waals surface area contributed by atoms with Gasteiger partial charge in [-0.05, 0) is 37.1 Å². The Morgan fingerprint density at radius 1 is 1.09 bits per heavy atom. The van der Waals surface area contributed by atoms with Crippen molar-refractivity contribution >= 4 is 5.91 Å². The lowest BCUT2D eigenvalue weighted by molar-refractivity contribution is 0.0706. The van der Waals surface area contributed by atoms with E-state index in [9.17, 15) is 4.79 Å². The van der Waals surface area contributed by atoms with E-state index in [-0.39, 0.29) is 11.9 Å². The lowest BCUT2D eigenvalue weighted by Crippen LogP contribution is -2.45. The minimum atomic E-state index is -0.0123. The van der Waals surface area contributed by atoms with E-state index < -0.39 is 0 Å². The number of carbonyl (C=O) groups excluding carboxylic acids is 1. The molecule has 0 unspecified atom stereocenters. The smallest absolute Gasteiger partial charge is 0.257 e. The average Bonchev–Trinajstić information content (AvgIpc) is 2.56. The van der Waals surface area contributed by atoms with Crippen LogP contribution in [0.4, 0.5) is 0 Å². The van der Waals surface area contributed by atoms with Crippen molar-refractivity contribution in [3.63, 3.8) is 0 Å². The molecule has 4 heteroatoms. The highest BCUT2D eigenvalue weighted by molar-refractivity contribution is 5.97. The molecule has 1 amide bonds. The molecule has 114 valence electrons. The summed E-state index contributed by atoms with van der Waals surface area (Å²) in [5, 5.41) is 0. The number of benzene rings is 2. The normalized spacial score (nSPS) is 18.0. The molecule has 4 nitrogen and oxygen atoms in total. The SMILES string of the molecule is N[C@H]1CCCN(C(=O)c2ccccc2Oc2ccccc2)C1. The Kier molecular flexibility index (Phi) is 4.39. The summed E-state index contributed by atoms with van der Waals surface area (Å²) in [7, 11) is 0. The van der Waals surface area contributed by atoms with E-state index >= 15 is 0 Å². The van der Waals surface area contributed by atoms with E-state index in [0.29, 0.717) is 17.9 Å². The second-order valence-electron chi connectivity index (χ2n) is 5.56. The average molecular weight is 296 g/mol. The summed E-state index contributed by atoms with van der Waals surface area (Å²) in [6, 6.07) is 16.9. The van der Waals surface area contributed by atoms with E-state index in [1.165, 1.54) is 0 Å². The number of hydrogen-bond acceptors (Lipinski definition) is 3. The predicted octanol–water partition coefficient (Wildman–Crippen LogP) is 3.04. The molecule has 0 radical (unpaired) electrons. The number of amides is 1. The van der Waals surface area contributed by atoms with Crippen molar-refractivity contribution in [1.29, 1.82) is 0 Å². The molecule has 2 aromatic rings. The van der Waals surface area contributed by atoms with Gasteiger partial charge in [-0.1, -0.05) is 30.3 Å². The summed E-state index contributed by atoms with van der Waals surface area (Å²) in [4.78, 5) is 14.6. The molecule has 0 bridgehead atoms. The number of hydrogen-bond donors (Lipinski definition) is 1. The quantitative estimate of drug-likeness (QED) is 0.947. The molecule has 1 fully saturated rings. The van der Waals surface area contributed by atoms with Gasteiger partial charge in [-0.25, -0.2) is 0 Å². The molecule has 2 N–H and O–H groups in total. The number of carbonyl (C=O) groups is 1. The van der Waals surface area contributed by atoms with Crippen molar-refractivity contribution in [2.24, 2.45) is 5.73 Å². The Morgan fingerprint density at radius 2 is 1.82 bits per heavy atom. The number of nitrogens with two attached hydrogens (primary N) is 1. The zero-order valence-corrected chi connectivity index (χ0v) is 12.4. The maximum atomic E-state index is 12.7. The number of likely N-dealkylation sites (tertiary alicyclic amines) is 1. The van der Waals surface area contributed by atoms with E-state index in [1.54, 1.807) is 6.07 Å². The summed E-state index contributed by atoms with van der Waals surface area (Å²) in [5.41, 5.74) is 6.56. The number of piperidine rings is 1. The summed E-state index contributed by atoms with van der Waals surface area (Å²) >= 11 is 0. The highest BCUT2D eigenvalue weighted by Gasteiger charge is 2.24. The third kappa shape index (κ3) is 3.28. The largest absolute Gasteiger partial charge is 0.457 e. The van der Waals surface area contributed by atoms with Crippen LogP contribution in [0.15, 0.2) is 54.6 Å². The van der Waals surface area contributed by atoms with Gasteiger partial charge in [0.05, 0.1) is 5.56 Å². The second kappa shape index (κ2) is 6.62. The molecule has 1 aliphatic heterocycles. The van der Waals surface area contributed by atoms with Crippen molar-refractivity contribution in [2.45, 2.75) is 18.9 Å². The van der Waals surface area contributed by atoms with Crippen LogP contribution < -0.4 is 10.5 Å². The predicted molar refractivity (Wildman–Crippen MR) is 86.1 cm³/mol. The number of rotatable bonds is 3. The zero-order chi connectivity index (χ0) is 15.4. The maximum absolute atomic E-state index is 12.7. The van der Waals surface area contributed by atoms with Gasteiger partial charge in [-0.15, -0.1) is 0 Å². The van der Waals surface area contributed by atoms with Crippen molar-refractivity contribution in [3.8, 4) is 11.5 Å². The van der Waals surface area contributed by atoms with Crippen LogP contribution in [0.5, 0.6) is 11.5 Å². The molecular weight excluding hydrogens is 276 g/mol. The monoisotopic (exact) mass is 296 g/mol. The Labute approximate surface area is 130 Å². The van der Waals surface area contributed by atoms with Crippen LogP contribution in [-0.2, 0) is 0 Å². The van der Waals surface area contributed by atoms with Gasteiger partial charge < -0.3 is 15.4 Å². The van der Waals surface area contributed by atoms with Gasteiger partial charge in [0.15, 0.2) is 0 Å². The molecule has 3 rings (SSSR count). The van der Waals surface area contributed by atoms with Gasteiger partial charge in [0.2, 0.25) is 0 Å². The van der Waals surface area contributed by atoms with Gasteiger partial charge in [-0.2, -0.15) is 0 Å². The number of ether oxygens (including phenoxy) is 1. The van der Waals surface area contributed by atoms with Crippen LogP contribution in [0.25, 0.3) is 0 Å². The van der Waals surface area contributed by atoms with Crippen LogP contribution in [0.1, 0.15) is 23.2 Å². The minimum Gasteiger partial charge on any atom is -0.457 e. The Bertz CT molecular complexity index is 643. The molecule has 0 aliphatic carbocycles. The maximum Gasteiger partial charge on any atom is 0.257 e. The van der Waals surface area contributed by atoms with Crippen molar-refractivity contribution in [3.05, 3.63) is 60.2 Å². The van der Waals surface area contributed by atoms with Crippen LogP contribution in [-0.4, -0.2) is 29.9 Å².